The van der Waals surface area contributed by atoms with Crippen molar-refractivity contribution < 1.29 is 0 Å². The van der Waals surface area contributed by atoms with Gasteiger partial charge in [0.15, 0.2) is 0 Å². The van der Waals surface area contributed by atoms with E-state index in [0.29, 0.717) is 0 Å². The van der Waals surface area contributed by atoms with Crippen molar-refractivity contribution in [2.24, 2.45) is 0 Å². The molecule has 0 unspecified atom stereocenters. The van der Waals surface area contributed by atoms with Crippen LogP contribution in [0.4, 0.5) is 0 Å². The monoisotopic (exact) mass is 285 g/mol. The Labute approximate surface area is 133 Å². The van der Waals surface area contributed by atoms with E-state index in [2.05, 4.69) is 104 Å². The van der Waals surface area contributed by atoms with E-state index in [-0.39, 0.29) is 5.41 Å². The Bertz CT molecular complexity index is 644. The molecule has 0 atom stereocenters. The van der Waals surface area contributed by atoms with Gasteiger partial charge in [-0.05, 0) is 23.1 Å². The molecule has 0 aliphatic carbocycles. The SMILES string of the molecule is CCC([CH]c1ccccc1)(c1ccccc1)c1ccccc1. The van der Waals surface area contributed by atoms with Gasteiger partial charge in [-0.25, -0.2) is 0 Å². The van der Waals surface area contributed by atoms with Gasteiger partial charge in [-0.1, -0.05) is 97.9 Å². The fourth-order valence-electron chi connectivity index (χ4n) is 3.15. The fraction of sp³-hybridized carbons (Fsp3) is 0.136. The minimum Gasteiger partial charge on any atom is -0.0642 e. The first-order valence-corrected chi connectivity index (χ1v) is 7.87. The summed E-state index contributed by atoms with van der Waals surface area (Å²) < 4.78 is 0. The molecule has 0 heteroatoms. The lowest BCUT2D eigenvalue weighted by atomic mass is 9.69. The molecule has 0 fully saturated rings. The number of rotatable bonds is 5. The molecule has 0 saturated carbocycles. The van der Waals surface area contributed by atoms with Gasteiger partial charge in [-0.3, -0.25) is 0 Å². The molecule has 3 aromatic carbocycles. The molecule has 0 bridgehead atoms. The van der Waals surface area contributed by atoms with Crippen molar-refractivity contribution in [1.29, 1.82) is 0 Å². The quantitative estimate of drug-likeness (QED) is 0.569. The highest BCUT2D eigenvalue weighted by atomic mass is 14.3. The van der Waals surface area contributed by atoms with Crippen molar-refractivity contribution in [3.05, 3.63) is 114 Å². The zero-order chi connectivity index (χ0) is 15.3. The van der Waals surface area contributed by atoms with Crippen LogP contribution in [0.1, 0.15) is 30.0 Å². The molecule has 0 aliphatic rings. The Kier molecular flexibility index (Phi) is 4.39. The molecule has 109 valence electrons. The van der Waals surface area contributed by atoms with Crippen LogP contribution < -0.4 is 0 Å². The van der Waals surface area contributed by atoms with Gasteiger partial charge in [0, 0.05) is 11.8 Å². The van der Waals surface area contributed by atoms with Gasteiger partial charge in [-0.15, -0.1) is 0 Å². The van der Waals surface area contributed by atoms with E-state index in [1.165, 1.54) is 16.7 Å². The summed E-state index contributed by atoms with van der Waals surface area (Å²) in [6.45, 7) is 2.26. The molecule has 0 heterocycles. The second-order valence-corrected chi connectivity index (χ2v) is 5.61. The molecule has 0 nitrogen and oxygen atoms in total. The van der Waals surface area contributed by atoms with Crippen LogP contribution in [-0.4, -0.2) is 0 Å². The zero-order valence-electron chi connectivity index (χ0n) is 12.9. The molecule has 0 aromatic heterocycles. The molecule has 3 aromatic rings. The van der Waals surface area contributed by atoms with Crippen LogP contribution >= 0.6 is 0 Å². The number of hydrogen-bond acceptors (Lipinski definition) is 0. The highest BCUT2D eigenvalue weighted by Crippen LogP contribution is 2.40. The van der Waals surface area contributed by atoms with Gasteiger partial charge >= 0.3 is 0 Å². The molecule has 0 spiro atoms. The Morgan fingerprint density at radius 1 is 0.636 bits per heavy atom. The summed E-state index contributed by atoms with van der Waals surface area (Å²) in [5, 5.41) is 0. The Balaban J connectivity index is 2.13. The lowest BCUT2D eigenvalue weighted by Gasteiger charge is -2.34. The summed E-state index contributed by atoms with van der Waals surface area (Å²) in [7, 11) is 0. The van der Waals surface area contributed by atoms with Gasteiger partial charge in [0.25, 0.3) is 0 Å². The van der Waals surface area contributed by atoms with Crippen LogP contribution in [0.15, 0.2) is 91.0 Å². The second kappa shape index (κ2) is 6.62. The average Bonchev–Trinajstić information content (AvgIpc) is 2.62. The van der Waals surface area contributed by atoms with Gasteiger partial charge in [0.1, 0.15) is 0 Å². The molecule has 22 heavy (non-hydrogen) atoms. The molecule has 0 saturated heterocycles. The summed E-state index contributed by atoms with van der Waals surface area (Å²) >= 11 is 0. The lowest BCUT2D eigenvalue weighted by Crippen LogP contribution is -2.28. The van der Waals surface area contributed by atoms with Crippen LogP contribution in [0.2, 0.25) is 0 Å². The third-order valence-corrected chi connectivity index (χ3v) is 4.35. The second-order valence-electron chi connectivity index (χ2n) is 5.61. The van der Waals surface area contributed by atoms with E-state index in [1.54, 1.807) is 0 Å². The summed E-state index contributed by atoms with van der Waals surface area (Å²) in [5.74, 6) is 0. The van der Waals surface area contributed by atoms with Crippen molar-refractivity contribution in [3.8, 4) is 0 Å². The standard InChI is InChI=1S/C22H21/c1-2-22(20-14-8-4-9-15-20,21-16-10-5-11-17-21)18-19-12-6-3-7-13-19/h3-18H,2H2,1H3. The van der Waals surface area contributed by atoms with Crippen molar-refractivity contribution in [1.82, 2.24) is 0 Å². The normalized spacial score (nSPS) is 11.3. The molecule has 1 radical (unpaired) electrons. The Hall–Kier alpha value is -2.34. The van der Waals surface area contributed by atoms with E-state index in [9.17, 15) is 0 Å². The number of benzene rings is 3. The predicted molar refractivity (Wildman–Crippen MR) is 93.8 cm³/mol. The molecule has 3 rings (SSSR count). The molecule has 0 aliphatic heterocycles. The van der Waals surface area contributed by atoms with Crippen molar-refractivity contribution in [2.75, 3.05) is 0 Å². The first-order valence-electron chi connectivity index (χ1n) is 7.87. The van der Waals surface area contributed by atoms with Crippen LogP contribution in [0.25, 0.3) is 0 Å². The maximum Gasteiger partial charge on any atom is 0.0275 e. The lowest BCUT2D eigenvalue weighted by molar-refractivity contribution is 0.582. The topological polar surface area (TPSA) is 0 Å². The Morgan fingerprint density at radius 3 is 1.45 bits per heavy atom. The van der Waals surface area contributed by atoms with Crippen molar-refractivity contribution in [3.63, 3.8) is 0 Å². The van der Waals surface area contributed by atoms with Crippen molar-refractivity contribution >= 4 is 0 Å². The van der Waals surface area contributed by atoms with Gasteiger partial charge in [0.05, 0.1) is 0 Å². The average molecular weight is 285 g/mol. The highest BCUT2D eigenvalue weighted by Gasteiger charge is 2.32. The fourth-order valence-corrected chi connectivity index (χ4v) is 3.15. The summed E-state index contributed by atoms with van der Waals surface area (Å²) in [4.78, 5) is 0. The van der Waals surface area contributed by atoms with Crippen LogP contribution in [0, 0.1) is 6.42 Å². The van der Waals surface area contributed by atoms with Gasteiger partial charge < -0.3 is 0 Å². The molecular weight excluding hydrogens is 264 g/mol. The third kappa shape index (κ3) is 2.82. The largest absolute Gasteiger partial charge is 0.0642 e. The van der Waals surface area contributed by atoms with E-state index in [4.69, 9.17) is 0 Å². The Morgan fingerprint density at radius 2 is 1.05 bits per heavy atom. The minimum atomic E-state index is -0.0934. The van der Waals surface area contributed by atoms with E-state index >= 15 is 0 Å². The van der Waals surface area contributed by atoms with E-state index in [1.807, 2.05) is 0 Å². The van der Waals surface area contributed by atoms with Gasteiger partial charge in [-0.2, -0.15) is 0 Å². The minimum absolute atomic E-state index is 0.0934. The first kappa shape index (κ1) is 14.6. The molecular formula is C22H21. The first-order chi connectivity index (χ1) is 10.8. The number of hydrogen-bond donors (Lipinski definition) is 0. The van der Waals surface area contributed by atoms with Crippen molar-refractivity contribution in [2.45, 2.75) is 18.8 Å². The maximum absolute atomic E-state index is 2.40. The predicted octanol–water partition coefficient (Wildman–Crippen LogP) is 5.64. The molecule has 0 N–H and O–H groups in total. The summed E-state index contributed by atoms with van der Waals surface area (Å²) in [6, 6.07) is 32.2. The zero-order valence-corrected chi connectivity index (χ0v) is 12.9. The third-order valence-electron chi connectivity index (χ3n) is 4.35. The van der Waals surface area contributed by atoms with E-state index < -0.39 is 0 Å². The molecule has 0 amide bonds. The van der Waals surface area contributed by atoms with Gasteiger partial charge in [0.2, 0.25) is 0 Å². The highest BCUT2D eigenvalue weighted by molar-refractivity contribution is 5.47. The van der Waals surface area contributed by atoms with E-state index in [0.717, 1.165) is 6.42 Å². The van der Waals surface area contributed by atoms with Crippen LogP contribution in [-0.2, 0) is 5.41 Å². The summed E-state index contributed by atoms with van der Waals surface area (Å²) in [5.41, 5.74) is 3.85. The maximum atomic E-state index is 2.40. The smallest absolute Gasteiger partial charge is 0.0275 e. The summed E-state index contributed by atoms with van der Waals surface area (Å²) in [6.07, 6.45) is 3.42. The van der Waals surface area contributed by atoms with Crippen LogP contribution in [0.5, 0.6) is 0 Å². The van der Waals surface area contributed by atoms with Crippen LogP contribution in [0.3, 0.4) is 0 Å².